The average Bonchev–Trinajstić information content (AvgIpc) is 2.87. The Labute approximate surface area is 107 Å². The Morgan fingerprint density at radius 1 is 1.50 bits per heavy atom. The number of hydrogen-bond donors (Lipinski definition) is 1. The van der Waals surface area contributed by atoms with Gasteiger partial charge in [0.1, 0.15) is 11.9 Å². The van der Waals surface area contributed by atoms with E-state index in [0.29, 0.717) is 6.04 Å². The fraction of sp³-hybridized carbons (Fsp3) is 0.692. The molecular weight excluding hydrogens is 228 g/mol. The van der Waals surface area contributed by atoms with E-state index in [1.165, 1.54) is 19.3 Å². The summed E-state index contributed by atoms with van der Waals surface area (Å²) < 4.78 is 5.79. The Kier molecular flexibility index (Phi) is 3.43. The van der Waals surface area contributed by atoms with Crippen molar-refractivity contribution in [3.8, 4) is 0 Å². The van der Waals surface area contributed by atoms with E-state index >= 15 is 0 Å². The molecular formula is C13H20N4O. The molecule has 0 unspecified atom stereocenters. The van der Waals surface area contributed by atoms with Crippen LogP contribution < -0.4 is 0 Å². The minimum Gasteiger partial charge on any atom is -0.367 e. The number of allylic oxidation sites excluding steroid dienone is 1. The maximum atomic E-state index is 5.79. The van der Waals surface area contributed by atoms with Gasteiger partial charge in [0.05, 0.1) is 6.61 Å². The van der Waals surface area contributed by atoms with Crippen molar-refractivity contribution >= 4 is 0 Å². The highest BCUT2D eigenvalue weighted by Gasteiger charge is 2.28. The third-order valence-corrected chi connectivity index (χ3v) is 3.70. The monoisotopic (exact) mass is 248 g/mol. The first-order valence-electron chi connectivity index (χ1n) is 6.74. The molecule has 5 nitrogen and oxygen atoms in total. The molecule has 0 amide bonds. The molecule has 18 heavy (non-hydrogen) atoms. The molecule has 1 aromatic rings. The van der Waals surface area contributed by atoms with Crippen molar-refractivity contribution in [2.24, 2.45) is 0 Å². The second kappa shape index (κ2) is 5.20. The molecule has 2 heterocycles. The molecule has 1 aromatic heterocycles. The first kappa shape index (κ1) is 11.9. The minimum absolute atomic E-state index is 0.0130. The van der Waals surface area contributed by atoms with E-state index in [1.54, 1.807) is 0 Å². The quantitative estimate of drug-likeness (QED) is 0.808. The van der Waals surface area contributed by atoms with Crippen molar-refractivity contribution in [2.45, 2.75) is 38.3 Å². The Morgan fingerprint density at radius 3 is 3.17 bits per heavy atom. The summed E-state index contributed by atoms with van der Waals surface area (Å²) in [6, 6.07) is 0.574. The minimum atomic E-state index is 0.0130. The fourth-order valence-electron chi connectivity index (χ4n) is 2.73. The van der Waals surface area contributed by atoms with E-state index in [0.717, 1.165) is 31.3 Å². The normalized spacial score (nSPS) is 29.6. The summed E-state index contributed by atoms with van der Waals surface area (Å²) in [6.45, 7) is 4.59. The largest absolute Gasteiger partial charge is 0.367 e. The van der Waals surface area contributed by atoms with E-state index in [9.17, 15) is 0 Å². The number of H-pyrrole nitrogens is 1. The second-order valence-electron chi connectivity index (χ2n) is 5.06. The molecule has 98 valence electrons. The standard InChI is InChI=1S/C13H20N4O/c1-10-14-13(16-15-10)12-9-17(7-8-18-12)11-5-3-2-4-6-11/h3,5,11-12H,2,4,6-9H2,1H3,(H,14,15,16)/t11-,12-/m0/s1. The maximum Gasteiger partial charge on any atom is 0.180 e. The number of aryl methyl sites for hydroxylation is 1. The zero-order valence-electron chi connectivity index (χ0n) is 10.8. The number of hydrogen-bond acceptors (Lipinski definition) is 4. The predicted octanol–water partition coefficient (Wildman–Crippen LogP) is 1.60. The number of ether oxygens (including phenoxy) is 1. The van der Waals surface area contributed by atoms with Crippen LogP contribution in [0.25, 0.3) is 0 Å². The van der Waals surface area contributed by atoms with Crippen LogP contribution in [0.15, 0.2) is 12.2 Å². The SMILES string of the molecule is Cc1nc([C@@H]2CN([C@H]3C=CCCC3)CCO2)n[nH]1. The van der Waals surface area contributed by atoms with Crippen LogP contribution in [0.4, 0.5) is 0 Å². The van der Waals surface area contributed by atoms with E-state index in [1.807, 2.05) is 6.92 Å². The summed E-state index contributed by atoms with van der Waals surface area (Å²) in [5.41, 5.74) is 0. The average molecular weight is 248 g/mol. The number of nitrogens with zero attached hydrogens (tertiary/aromatic N) is 3. The Hall–Kier alpha value is -1.20. The van der Waals surface area contributed by atoms with Crippen molar-refractivity contribution in [3.63, 3.8) is 0 Å². The third-order valence-electron chi connectivity index (χ3n) is 3.70. The molecule has 0 radical (unpaired) electrons. The molecule has 0 bridgehead atoms. The van der Waals surface area contributed by atoms with E-state index in [-0.39, 0.29) is 6.10 Å². The lowest BCUT2D eigenvalue weighted by Crippen LogP contribution is -2.44. The lowest BCUT2D eigenvalue weighted by atomic mass is 10.0. The maximum absolute atomic E-state index is 5.79. The van der Waals surface area contributed by atoms with Crippen molar-refractivity contribution < 1.29 is 4.74 Å². The fourth-order valence-corrected chi connectivity index (χ4v) is 2.73. The highest BCUT2D eigenvalue weighted by Crippen LogP contribution is 2.24. The van der Waals surface area contributed by atoms with E-state index < -0.39 is 0 Å². The van der Waals surface area contributed by atoms with Crippen molar-refractivity contribution in [2.75, 3.05) is 19.7 Å². The van der Waals surface area contributed by atoms with Crippen molar-refractivity contribution in [1.82, 2.24) is 20.1 Å². The summed E-state index contributed by atoms with van der Waals surface area (Å²) in [5, 5.41) is 7.10. The molecule has 1 aliphatic heterocycles. The van der Waals surface area contributed by atoms with Gasteiger partial charge in [0, 0.05) is 19.1 Å². The van der Waals surface area contributed by atoms with Crippen LogP contribution in [0, 0.1) is 6.92 Å². The van der Waals surface area contributed by atoms with E-state index in [4.69, 9.17) is 4.74 Å². The highest BCUT2D eigenvalue weighted by molar-refractivity contribution is 5.02. The molecule has 3 rings (SSSR count). The van der Waals surface area contributed by atoms with Crippen LogP contribution in [0.2, 0.25) is 0 Å². The third kappa shape index (κ3) is 2.47. The Morgan fingerprint density at radius 2 is 2.44 bits per heavy atom. The van der Waals surface area contributed by atoms with Gasteiger partial charge >= 0.3 is 0 Å². The molecule has 0 saturated carbocycles. The van der Waals surface area contributed by atoms with Crippen LogP contribution >= 0.6 is 0 Å². The molecule has 1 aliphatic carbocycles. The van der Waals surface area contributed by atoms with Gasteiger partial charge in [-0.3, -0.25) is 10.00 Å². The van der Waals surface area contributed by atoms with E-state index in [2.05, 4.69) is 32.2 Å². The first-order valence-corrected chi connectivity index (χ1v) is 6.74. The van der Waals surface area contributed by atoms with Gasteiger partial charge in [-0.05, 0) is 26.2 Å². The van der Waals surface area contributed by atoms with Gasteiger partial charge in [0.2, 0.25) is 0 Å². The van der Waals surface area contributed by atoms with Gasteiger partial charge < -0.3 is 4.74 Å². The summed E-state index contributed by atoms with van der Waals surface area (Å²) in [5.74, 6) is 1.64. The highest BCUT2D eigenvalue weighted by atomic mass is 16.5. The molecule has 1 fully saturated rings. The molecule has 1 N–H and O–H groups in total. The molecule has 0 spiro atoms. The lowest BCUT2D eigenvalue weighted by molar-refractivity contribution is -0.0442. The predicted molar refractivity (Wildman–Crippen MR) is 68.2 cm³/mol. The van der Waals surface area contributed by atoms with Crippen LogP contribution in [-0.4, -0.2) is 45.8 Å². The van der Waals surface area contributed by atoms with Crippen molar-refractivity contribution in [3.05, 3.63) is 23.8 Å². The van der Waals surface area contributed by atoms with Crippen LogP contribution in [0.3, 0.4) is 0 Å². The van der Waals surface area contributed by atoms with Crippen molar-refractivity contribution in [1.29, 1.82) is 0 Å². The Bertz CT molecular complexity index is 428. The summed E-state index contributed by atoms with van der Waals surface area (Å²) >= 11 is 0. The summed E-state index contributed by atoms with van der Waals surface area (Å²) in [4.78, 5) is 6.87. The van der Waals surface area contributed by atoms with Crippen LogP contribution in [-0.2, 0) is 4.74 Å². The zero-order valence-corrected chi connectivity index (χ0v) is 10.8. The smallest absolute Gasteiger partial charge is 0.180 e. The topological polar surface area (TPSA) is 54.0 Å². The van der Waals surface area contributed by atoms with Gasteiger partial charge in [-0.2, -0.15) is 5.10 Å². The number of morpholine rings is 1. The number of aromatic nitrogens is 3. The molecule has 0 aromatic carbocycles. The zero-order chi connectivity index (χ0) is 12.4. The summed E-state index contributed by atoms with van der Waals surface area (Å²) in [7, 11) is 0. The molecule has 1 saturated heterocycles. The number of nitrogens with one attached hydrogen (secondary N) is 1. The molecule has 2 aliphatic rings. The van der Waals surface area contributed by atoms with Gasteiger partial charge in [0.15, 0.2) is 5.82 Å². The van der Waals surface area contributed by atoms with Crippen LogP contribution in [0.1, 0.15) is 37.0 Å². The summed E-state index contributed by atoms with van der Waals surface area (Å²) in [6.07, 6.45) is 8.44. The molecule has 5 heteroatoms. The van der Waals surface area contributed by atoms with Gasteiger partial charge in [-0.25, -0.2) is 4.98 Å². The first-order chi connectivity index (χ1) is 8.83. The number of aromatic amines is 1. The van der Waals surface area contributed by atoms with Gasteiger partial charge in [-0.15, -0.1) is 0 Å². The molecule has 2 atom stereocenters. The Balaban J connectivity index is 1.68. The van der Waals surface area contributed by atoms with Gasteiger partial charge in [0.25, 0.3) is 0 Å². The second-order valence-corrected chi connectivity index (χ2v) is 5.06. The lowest BCUT2D eigenvalue weighted by Gasteiger charge is -2.37. The van der Waals surface area contributed by atoms with Gasteiger partial charge in [-0.1, -0.05) is 12.2 Å². The number of rotatable bonds is 2. The van der Waals surface area contributed by atoms with Crippen LogP contribution in [0.5, 0.6) is 0 Å².